The molecule has 3 N–H and O–H groups in total. The highest BCUT2D eigenvalue weighted by molar-refractivity contribution is 5.93. The van der Waals surface area contributed by atoms with Gasteiger partial charge in [0.05, 0.1) is 11.1 Å². The number of amides is 1. The summed E-state index contributed by atoms with van der Waals surface area (Å²) >= 11 is 0. The van der Waals surface area contributed by atoms with E-state index in [1.807, 2.05) is 0 Å². The number of rotatable bonds is 3. The standard InChI is InChI=1S/C9H12N4O3/c14-9(12-6-1-2-10-4-6)8-3-7(5-11-8)13(15)16/h3,5-6,10-11H,1-2,4H2,(H,12,14). The van der Waals surface area contributed by atoms with Crippen LogP contribution >= 0.6 is 0 Å². The first-order valence-electron chi connectivity index (χ1n) is 5.01. The average molecular weight is 224 g/mol. The van der Waals surface area contributed by atoms with E-state index in [0.717, 1.165) is 19.5 Å². The molecule has 1 aromatic rings. The van der Waals surface area contributed by atoms with Gasteiger partial charge < -0.3 is 15.6 Å². The maximum Gasteiger partial charge on any atom is 0.287 e. The fraction of sp³-hybridized carbons (Fsp3) is 0.444. The second-order valence-electron chi connectivity index (χ2n) is 3.69. The summed E-state index contributed by atoms with van der Waals surface area (Å²) in [4.78, 5) is 24.1. The van der Waals surface area contributed by atoms with Crippen LogP contribution in [-0.4, -0.2) is 34.9 Å². The SMILES string of the molecule is O=C(NC1CCNC1)c1cc([N+](=O)[O-])c[nH]1. The molecule has 0 radical (unpaired) electrons. The summed E-state index contributed by atoms with van der Waals surface area (Å²) in [6.07, 6.45) is 2.09. The molecule has 0 spiro atoms. The predicted octanol–water partition coefficient (Wildman–Crippen LogP) is 0.0146. The molecule has 1 aliphatic rings. The third kappa shape index (κ3) is 2.19. The van der Waals surface area contributed by atoms with E-state index >= 15 is 0 Å². The fourth-order valence-electron chi connectivity index (χ4n) is 1.66. The average Bonchev–Trinajstić information content (AvgIpc) is 2.86. The van der Waals surface area contributed by atoms with Gasteiger partial charge in [0.15, 0.2) is 0 Å². The van der Waals surface area contributed by atoms with E-state index in [-0.39, 0.29) is 23.3 Å². The van der Waals surface area contributed by atoms with E-state index in [2.05, 4.69) is 15.6 Å². The second-order valence-corrected chi connectivity index (χ2v) is 3.69. The van der Waals surface area contributed by atoms with Crippen LogP contribution in [0.25, 0.3) is 0 Å². The van der Waals surface area contributed by atoms with Gasteiger partial charge in [-0.2, -0.15) is 0 Å². The number of nitro groups is 1. The van der Waals surface area contributed by atoms with Crippen molar-refractivity contribution in [2.24, 2.45) is 0 Å². The van der Waals surface area contributed by atoms with Crippen molar-refractivity contribution >= 4 is 11.6 Å². The normalized spacial score (nSPS) is 19.6. The van der Waals surface area contributed by atoms with Crippen molar-refractivity contribution in [1.82, 2.24) is 15.6 Å². The minimum absolute atomic E-state index is 0.102. The molecule has 86 valence electrons. The number of aromatic nitrogens is 1. The lowest BCUT2D eigenvalue weighted by Crippen LogP contribution is -2.36. The minimum Gasteiger partial charge on any atom is -0.351 e. The van der Waals surface area contributed by atoms with Gasteiger partial charge in [0, 0.05) is 18.7 Å². The Balaban J connectivity index is 1.99. The lowest BCUT2D eigenvalue weighted by molar-refractivity contribution is -0.384. The predicted molar refractivity (Wildman–Crippen MR) is 56.2 cm³/mol. The highest BCUT2D eigenvalue weighted by Gasteiger charge is 2.20. The van der Waals surface area contributed by atoms with E-state index in [9.17, 15) is 14.9 Å². The Bertz CT molecular complexity index is 409. The molecule has 0 aliphatic carbocycles. The molecule has 0 aromatic carbocycles. The zero-order valence-corrected chi connectivity index (χ0v) is 8.53. The van der Waals surface area contributed by atoms with Crippen LogP contribution in [0.2, 0.25) is 0 Å². The summed E-state index contributed by atoms with van der Waals surface area (Å²) < 4.78 is 0. The molecule has 1 saturated heterocycles. The first-order chi connectivity index (χ1) is 7.66. The molecule has 1 atom stereocenters. The molecule has 1 aromatic heterocycles. The summed E-state index contributed by atoms with van der Waals surface area (Å²) in [6.45, 7) is 1.63. The van der Waals surface area contributed by atoms with Crippen molar-refractivity contribution in [3.05, 3.63) is 28.1 Å². The Morgan fingerprint density at radius 3 is 3.00 bits per heavy atom. The molecule has 7 nitrogen and oxygen atoms in total. The van der Waals surface area contributed by atoms with Crippen molar-refractivity contribution in [1.29, 1.82) is 0 Å². The molecular weight excluding hydrogens is 212 g/mol. The molecule has 2 rings (SSSR count). The molecular formula is C9H12N4O3. The highest BCUT2D eigenvalue weighted by Crippen LogP contribution is 2.12. The van der Waals surface area contributed by atoms with E-state index in [1.54, 1.807) is 0 Å². The maximum absolute atomic E-state index is 11.6. The van der Waals surface area contributed by atoms with Crippen molar-refractivity contribution in [2.75, 3.05) is 13.1 Å². The third-order valence-corrected chi connectivity index (χ3v) is 2.52. The molecule has 1 unspecified atom stereocenters. The molecule has 1 fully saturated rings. The summed E-state index contributed by atoms with van der Waals surface area (Å²) in [5.41, 5.74) is 0.119. The molecule has 7 heteroatoms. The Morgan fingerprint density at radius 1 is 1.62 bits per heavy atom. The monoisotopic (exact) mass is 224 g/mol. The largest absolute Gasteiger partial charge is 0.351 e. The Morgan fingerprint density at radius 2 is 2.44 bits per heavy atom. The molecule has 16 heavy (non-hydrogen) atoms. The summed E-state index contributed by atoms with van der Waals surface area (Å²) in [5, 5.41) is 16.3. The Hall–Kier alpha value is -1.89. The van der Waals surface area contributed by atoms with Crippen LogP contribution in [0.15, 0.2) is 12.3 Å². The van der Waals surface area contributed by atoms with Gasteiger partial charge >= 0.3 is 0 Å². The van der Waals surface area contributed by atoms with Crippen molar-refractivity contribution < 1.29 is 9.72 Å². The van der Waals surface area contributed by atoms with Crippen LogP contribution in [0.4, 0.5) is 5.69 Å². The van der Waals surface area contributed by atoms with Crippen LogP contribution in [0, 0.1) is 10.1 Å². The molecule has 1 aliphatic heterocycles. The topological polar surface area (TPSA) is 100 Å². The summed E-state index contributed by atoms with van der Waals surface area (Å²) in [6, 6.07) is 1.34. The van der Waals surface area contributed by atoms with Gasteiger partial charge in [-0.15, -0.1) is 0 Å². The highest BCUT2D eigenvalue weighted by atomic mass is 16.6. The Kier molecular flexibility index (Phi) is 2.86. The van der Waals surface area contributed by atoms with E-state index in [1.165, 1.54) is 12.3 Å². The van der Waals surface area contributed by atoms with Crippen LogP contribution in [-0.2, 0) is 0 Å². The number of carbonyl (C=O) groups is 1. The zero-order chi connectivity index (χ0) is 11.5. The number of hydrogen-bond donors (Lipinski definition) is 3. The smallest absolute Gasteiger partial charge is 0.287 e. The van der Waals surface area contributed by atoms with Gasteiger partial charge in [0.25, 0.3) is 11.6 Å². The first-order valence-corrected chi connectivity index (χ1v) is 5.01. The van der Waals surface area contributed by atoms with Crippen LogP contribution < -0.4 is 10.6 Å². The number of nitrogens with zero attached hydrogens (tertiary/aromatic N) is 1. The summed E-state index contributed by atoms with van der Waals surface area (Å²) in [7, 11) is 0. The zero-order valence-electron chi connectivity index (χ0n) is 8.53. The van der Waals surface area contributed by atoms with Gasteiger partial charge in [0.1, 0.15) is 5.69 Å². The van der Waals surface area contributed by atoms with Crippen LogP contribution in [0.3, 0.4) is 0 Å². The van der Waals surface area contributed by atoms with Gasteiger partial charge in [-0.25, -0.2) is 0 Å². The van der Waals surface area contributed by atoms with Gasteiger partial charge in [-0.05, 0) is 13.0 Å². The minimum atomic E-state index is -0.537. The number of nitrogens with one attached hydrogen (secondary N) is 3. The third-order valence-electron chi connectivity index (χ3n) is 2.52. The van der Waals surface area contributed by atoms with E-state index in [4.69, 9.17) is 0 Å². The molecule has 0 saturated carbocycles. The van der Waals surface area contributed by atoms with Crippen molar-refractivity contribution in [3.8, 4) is 0 Å². The quantitative estimate of drug-likeness (QED) is 0.497. The van der Waals surface area contributed by atoms with Crippen molar-refractivity contribution in [3.63, 3.8) is 0 Å². The van der Waals surface area contributed by atoms with Gasteiger partial charge in [-0.3, -0.25) is 14.9 Å². The first kappa shape index (κ1) is 10.6. The molecule has 1 amide bonds. The van der Waals surface area contributed by atoms with Crippen LogP contribution in [0.1, 0.15) is 16.9 Å². The summed E-state index contributed by atoms with van der Waals surface area (Å²) in [5.74, 6) is -0.304. The molecule has 0 bridgehead atoms. The fourth-order valence-corrected chi connectivity index (χ4v) is 1.66. The van der Waals surface area contributed by atoms with E-state index in [0.29, 0.717) is 0 Å². The van der Waals surface area contributed by atoms with Crippen LogP contribution in [0.5, 0.6) is 0 Å². The number of carbonyl (C=O) groups excluding carboxylic acids is 1. The van der Waals surface area contributed by atoms with Crippen molar-refractivity contribution in [2.45, 2.75) is 12.5 Å². The lowest BCUT2D eigenvalue weighted by Gasteiger charge is -2.09. The molecule has 2 heterocycles. The number of H-pyrrole nitrogens is 1. The van der Waals surface area contributed by atoms with Gasteiger partial charge in [0.2, 0.25) is 0 Å². The maximum atomic E-state index is 11.6. The lowest BCUT2D eigenvalue weighted by atomic mass is 10.2. The van der Waals surface area contributed by atoms with Gasteiger partial charge in [-0.1, -0.05) is 0 Å². The number of hydrogen-bond acceptors (Lipinski definition) is 4. The van der Waals surface area contributed by atoms with E-state index < -0.39 is 4.92 Å². The Labute approximate surface area is 91.4 Å². The number of aromatic amines is 1. The second kappa shape index (κ2) is 4.31.